The summed E-state index contributed by atoms with van der Waals surface area (Å²) in [6.07, 6.45) is -1.03. The number of pyridine rings is 1. The average molecular weight is 516 g/mol. The number of hydrogen-bond donors (Lipinski definition) is 2. The topological polar surface area (TPSA) is 71.1 Å². The predicted octanol–water partition coefficient (Wildman–Crippen LogP) is 6.24. The fourth-order valence-electron chi connectivity index (χ4n) is 4.42. The number of nitrogens with zero attached hydrogens (tertiary/aromatic N) is 1. The Labute approximate surface area is 212 Å². The largest absolute Gasteiger partial charge is 0.417 e. The van der Waals surface area contributed by atoms with Crippen molar-refractivity contribution >= 4 is 23.3 Å². The van der Waals surface area contributed by atoms with Gasteiger partial charge in [-0.1, -0.05) is 60.5 Å². The van der Waals surface area contributed by atoms with Gasteiger partial charge in [0.05, 0.1) is 16.6 Å². The molecule has 2 heterocycles. The number of piperidine rings is 1. The summed E-state index contributed by atoms with van der Waals surface area (Å²) in [7, 11) is 0. The van der Waals surface area contributed by atoms with E-state index in [2.05, 4.69) is 15.6 Å². The number of Topliss-reactive ketones (excluding diaryl/α,β-unsaturated/α-hetero) is 1. The molecule has 2 aromatic carbocycles. The van der Waals surface area contributed by atoms with Crippen molar-refractivity contribution in [2.45, 2.75) is 44.4 Å². The molecular weight excluding hydrogens is 491 g/mol. The summed E-state index contributed by atoms with van der Waals surface area (Å²) in [4.78, 5) is 28.6. The van der Waals surface area contributed by atoms with E-state index >= 15 is 0 Å². The van der Waals surface area contributed by atoms with Crippen LogP contribution in [0.15, 0.2) is 60.8 Å². The fourth-order valence-corrected chi connectivity index (χ4v) is 4.72. The number of carbonyl (C=O) groups is 2. The number of aromatic nitrogens is 1. The zero-order valence-corrected chi connectivity index (χ0v) is 20.3. The predicted molar refractivity (Wildman–Crippen MR) is 132 cm³/mol. The first-order chi connectivity index (χ1) is 17.1. The number of hydrogen-bond acceptors (Lipinski definition) is 4. The second kappa shape index (κ2) is 10.8. The fraction of sp³-hybridized carbons (Fsp3) is 0.296. The summed E-state index contributed by atoms with van der Waals surface area (Å²) in [6, 6.07) is 14.9. The Morgan fingerprint density at radius 2 is 1.83 bits per heavy atom. The Morgan fingerprint density at radius 1 is 1.08 bits per heavy atom. The van der Waals surface area contributed by atoms with Crippen molar-refractivity contribution in [3.8, 4) is 11.1 Å². The summed E-state index contributed by atoms with van der Waals surface area (Å²) < 4.78 is 39.9. The third-order valence-corrected chi connectivity index (χ3v) is 6.70. The number of nitrogens with one attached hydrogen (secondary N) is 2. The normalized spacial score (nSPS) is 16.9. The molecule has 1 aliphatic heterocycles. The SMILES string of the molecule is CC(=O)c1ccc(-c2cccc(C(NC(=O)c3nccc(C(F)(F)F)c3Cl)[C@@H]3CCCCN3)c2)cc1. The lowest BCUT2D eigenvalue weighted by Crippen LogP contribution is -2.46. The van der Waals surface area contributed by atoms with Crippen molar-refractivity contribution in [2.75, 3.05) is 6.54 Å². The highest BCUT2D eigenvalue weighted by Crippen LogP contribution is 2.36. The van der Waals surface area contributed by atoms with Gasteiger partial charge in [0.1, 0.15) is 5.69 Å². The number of benzene rings is 2. The molecule has 5 nitrogen and oxygen atoms in total. The maximum atomic E-state index is 13.3. The lowest BCUT2D eigenvalue weighted by Gasteiger charge is -2.32. The molecule has 0 bridgehead atoms. The monoisotopic (exact) mass is 515 g/mol. The van der Waals surface area contributed by atoms with Crippen LogP contribution in [0.4, 0.5) is 13.2 Å². The van der Waals surface area contributed by atoms with Crippen molar-refractivity contribution in [1.82, 2.24) is 15.6 Å². The van der Waals surface area contributed by atoms with Crippen LogP contribution in [0.3, 0.4) is 0 Å². The maximum absolute atomic E-state index is 13.3. The van der Waals surface area contributed by atoms with Crippen molar-refractivity contribution in [3.05, 3.63) is 88.2 Å². The smallest absolute Gasteiger partial charge is 0.342 e. The summed E-state index contributed by atoms with van der Waals surface area (Å²) in [5.41, 5.74) is 1.60. The lowest BCUT2D eigenvalue weighted by molar-refractivity contribution is -0.137. The summed E-state index contributed by atoms with van der Waals surface area (Å²) in [5, 5.41) is 5.57. The van der Waals surface area contributed by atoms with Gasteiger partial charge in [-0.05, 0) is 55.1 Å². The number of rotatable bonds is 6. The number of amides is 1. The van der Waals surface area contributed by atoms with Gasteiger partial charge in [0.15, 0.2) is 5.78 Å². The molecule has 0 radical (unpaired) electrons. The van der Waals surface area contributed by atoms with Crippen molar-refractivity contribution in [3.63, 3.8) is 0 Å². The van der Waals surface area contributed by atoms with Gasteiger partial charge in [-0.3, -0.25) is 9.59 Å². The van der Waals surface area contributed by atoms with Crippen LogP contribution >= 0.6 is 11.6 Å². The van der Waals surface area contributed by atoms with Gasteiger partial charge in [-0.15, -0.1) is 0 Å². The van der Waals surface area contributed by atoms with E-state index in [-0.39, 0.29) is 11.8 Å². The Morgan fingerprint density at radius 3 is 2.47 bits per heavy atom. The van der Waals surface area contributed by atoms with Gasteiger partial charge < -0.3 is 10.6 Å². The molecule has 9 heteroatoms. The molecule has 3 aromatic rings. The maximum Gasteiger partial charge on any atom is 0.417 e. The third-order valence-electron chi connectivity index (χ3n) is 6.32. The quantitative estimate of drug-likeness (QED) is 0.381. The van der Waals surface area contributed by atoms with Crippen LogP contribution in [-0.2, 0) is 6.18 Å². The minimum absolute atomic E-state index is 0.0247. The minimum atomic E-state index is -4.70. The molecule has 1 fully saturated rings. The number of alkyl halides is 3. The highest BCUT2D eigenvalue weighted by atomic mass is 35.5. The van der Waals surface area contributed by atoms with Gasteiger partial charge in [0, 0.05) is 17.8 Å². The summed E-state index contributed by atoms with van der Waals surface area (Å²) in [6.45, 7) is 2.28. The van der Waals surface area contributed by atoms with Crippen LogP contribution < -0.4 is 10.6 Å². The first-order valence-corrected chi connectivity index (χ1v) is 12.0. The van der Waals surface area contributed by atoms with Crippen molar-refractivity contribution < 1.29 is 22.8 Å². The van der Waals surface area contributed by atoms with Gasteiger partial charge in [-0.2, -0.15) is 13.2 Å². The van der Waals surface area contributed by atoms with Crippen LogP contribution in [0.2, 0.25) is 5.02 Å². The highest BCUT2D eigenvalue weighted by molar-refractivity contribution is 6.34. The molecule has 1 unspecified atom stereocenters. The molecule has 36 heavy (non-hydrogen) atoms. The molecular formula is C27H25ClF3N3O2. The van der Waals surface area contributed by atoms with E-state index in [0.717, 1.165) is 54.8 Å². The van der Waals surface area contributed by atoms with Gasteiger partial charge in [-0.25, -0.2) is 4.98 Å². The third kappa shape index (κ3) is 5.77. The second-order valence-electron chi connectivity index (χ2n) is 8.79. The summed E-state index contributed by atoms with van der Waals surface area (Å²) in [5.74, 6) is -0.803. The standard InChI is InChI=1S/C27H25ClF3N3O2/c1-16(35)17-8-10-18(11-9-17)19-5-4-6-20(15-19)24(22-7-2-3-13-32-22)34-26(36)25-23(28)21(12-14-33-25)27(29,30)31/h4-6,8-12,14-15,22,24,32H,2-3,7,13H2,1H3,(H,34,36)/t22-,24?/m0/s1. The Balaban J connectivity index is 1.67. The van der Waals surface area contributed by atoms with E-state index in [4.69, 9.17) is 11.6 Å². The zero-order chi connectivity index (χ0) is 25.9. The molecule has 0 aliphatic carbocycles. The van der Waals surface area contributed by atoms with Crippen molar-refractivity contribution in [2.24, 2.45) is 0 Å². The van der Waals surface area contributed by atoms with E-state index in [9.17, 15) is 22.8 Å². The molecule has 4 rings (SSSR count). The lowest BCUT2D eigenvalue weighted by atomic mass is 9.90. The highest BCUT2D eigenvalue weighted by Gasteiger charge is 2.36. The van der Waals surface area contributed by atoms with E-state index in [1.807, 2.05) is 36.4 Å². The Kier molecular flexibility index (Phi) is 7.76. The summed E-state index contributed by atoms with van der Waals surface area (Å²) >= 11 is 5.96. The number of ketones is 1. The molecule has 2 atom stereocenters. The number of halogens is 4. The average Bonchev–Trinajstić information content (AvgIpc) is 2.87. The van der Waals surface area contributed by atoms with Crippen LogP contribution in [0.1, 0.15) is 64.2 Å². The van der Waals surface area contributed by atoms with E-state index in [1.54, 1.807) is 12.1 Å². The second-order valence-corrected chi connectivity index (χ2v) is 9.16. The molecule has 1 aliphatic rings. The van der Waals surface area contributed by atoms with Gasteiger partial charge >= 0.3 is 6.18 Å². The molecule has 0 saturated carbocycles. The number of carbonyl (C=O) groups excluding carboxylic acids is 2. The van der Waals surface area contributed by atoms with Crippen LogP contribution in [0.5, 0.6) is 0 Å². The molecule has 1 saturated heterocycles. The van der Waals surface area contributed by atoms with E-state index < -0.39 is 34.4 Å². The molecule has 1 aromatic heterocycles. The molecule has 0 spiro atoms. The molecule has 1 amide bonds. The van der Waals surface area contributed by atoms with E-state index in [0.29, 0.717) is 5.56 Å². The van der Waals surface area contributed by atoms with Crippen LogP contribution in [0.25, 0.3) is 11.1 Å². The molecule has 188 valence electrons. The Hall–Kier alpha value is -3.23. The first-order valence-electron chi connectivity index (χ1n) is 11.6. The van der Waals surface area contributed by atoms with Gasteiger partial charge in [0.2, 0.25) is 0 Å². The zero-order valence-electron chi connectivity index (χ0n) is 19.5. The first kappa shape index (κ1) is 25.9. The molecule has 2 N–H and O–H groups in total. The van der Waals surface area contributed by atoms with Crippen LogP contribution in [-0.4, -0.2) is 29.3 Å². The van der Waals surface area contributed by atoms with E-state index in [1.165, 1.54) is 6.92 Å². The minimum Gasteiger partial charge on any atom is -0.342 e. The Bertz CT molecular complexity index is 1260. The van der Waals surface area contributed by atoms with Crippen molar-refractivity contribution in [1.29, 1.82) is 0 Å². The van der Waals surface area contributed by atoms with Crippen LogP contribution in [0, 0.1) is 0 Å². The van der Waals surface area contributed by atoms with Gasteiger partial charge in [0.25, 0.3) is 5.91 Å².